The number of pyridine rings is 1. The number of carbonyl (C=O) groups excluding carboxylic acids is 1. The number of fused-ring (bicyclic) bond motifs is 6. The molecule has 5 heteroatoms. The summed E-state index contributed by atoms with van der Waals surface area (Å²) in [6, 6.07) is 29.5. The van der Waals surface area contributed by atoms with Gasteiger partial charge in [-0.3, -0.25) is 9.78 Å². The molecule has 0 bridgehead atoms. The molecule has 0 amide bonds. The van der Waals surface area contributed by atoms with Gasteiger partial charge in [-0.25, -0.2) is 0 Å². The van der Waals surface area contributed by atoms with Crippen LogP contribution in [0.5, 0.6) is 0 Å². The van der Waals surface area contributed by atoms with Gasteiger partial charge in [0, 0.05) is 53.1 Å². The van der Waals surface area contributed by atoms with E-state index in [2.05, 4.69) is 148 Å². The van der Waals surface area contributed by atoms with Gasteiger partial charge in [-0.05, 0) is 57.9 Å². The van der Waals surface area contributed by atoms with Crippen LogP contribution in [-0.2, 0) is 30.3 Å². The molecule has 3 aromatic carbocycles. The molecule has 1 aliphatic heterocycles. The molecule has 0 saturated carbocycles. The second-order valence-electron chi connectivity index (χ2n) is 16.4. The van der Waals surface area contributed by atoms with Crippen LogP contribution < -0.4 is 0 Å². The monoisotopic (exact) mass is 867 g/mol. The second-order valence-corrected chi connectivity index (χ2v) is 17.6. The summed E-state index contributed by atoms with van der Waals surface area (Å²) >= 11 is 2.02. The predicted molar refractivity (Wildman–Crippen MR) is 208 cm³/mol. The Morgan fingerprint density at radius 3 is 2.02 bits per heavy atom. The third-order valence-corrected chi connectivity index (χ3v) is 14.0. The van der Waals surface area contributed by atoms with Crippen molar-refractivity contribution in [1.29, 1.82) is 0 Å². The molecule has 1 aromatic heterocycles. The molecule has 2 aliphatic rings. The molecule has 2 atom stereocenters. The molecule has 0 saturated heterocycles. The van der Waals surface area contributed by atoms with Crippen LogP contribution in [0.4, 0.5) is 0 Å². The zero-order chi connectivity index (χ0) is 36.1. The van der Waals surface area contributed by atoms with Crippen molar-refractivity contribution < 1.29 is 30.0 Å². The third-order valence-electron chi connectivity index (χ3n) is 12.6. The van der Waals surface area contributed by atoms with Gasteiger partial charge in [-0.15, -0.1) is 46.7 Å². The van der Waals surface area contributed by atoms with Crippen molar-refractivity contribution in [2.75, 3.05) is 0 Å². The van der Waals surface area contributed by atoms with Gasteiger partial charge in [0.1, 0.15) is 5.76 Å². The number of carbonyl (C=O) groups is 1. The van der Waals surface area contributed by atoms with E-state index in [1.807, 2.05) is 25.6 Å². The summed E-state index contributed by atoms with van der Waals surface area (Å²) in [5, 5.41) is 12.3. The molecule has 269 valence electrons. The van der Waals surface area contributed by atoms with E-state index in [9.17, 15) is 9.90 Å². The maximum Gasteiger partial charge on any atom is 0.165 e. The van der Waals surface area contributed by atoms with Crippen LogP contribution in [0.1, 0.15) is 111 Å². The number of benzene rings is 3. The normalized spacial score (nSPS) is 18.1. The van der Waals surface area contributed by atoms with Gasteiger partial charge in [0.25, 0.3) is 0 Å². The van der Waals surface area contributed by atoms with E-state index in [4.69, 9.17) is 4.98 Å². The summed E-state index contributed by atoms with van der Waals surface area (Å²) in [4.78, 5) is 19.2. The fraction of sp³-hybridized carbons (Fsp3) is 0.467. The Balaban J connectivity index is 0.000000232. The van der Waals surface area contributed by atoms with Crippen molar-refractivity contribution in [1.82, 2.24) is 4.98 Å². The molecule has 0 spiro atoms. The van der Waals surface area contributed by atoms with Gasteiger partial charge >= 0.3 is 0 Å². The molecule has 1 N–H and O–H groups in total. The number of ketones is 1. The van der Waals surface area contributed by atoms with Crippen molar-refractivity contribution in [3.05, 3.63) is 107 Å². The molecular formula is C45H56IrNO2S-. The molecule has 1 radical (unpaired) electrons. The average molecular weight is 867 g/mol. The molecule has 2 unspecified atom stereocenters. The molecule has 2 heterocycles. The number of hydrogen-bond acceptors (Lipinski definition) is 4. The number of aliphatic hydroxyl groups excluding tert-OH is 1. The van der Waals surface area contributed by atoms with Crippen LogP contribution in [0.2, 0.25) is 0 Å². The van der Waals surface area contributed by atoms with Crippen molar-refractivity contribution in [2.45, 2.75) is 105 Å². The van der Waals surface area contributed by atoms with E-state index in [-0.39, 0.29) is 66.1 Å². The van der Waals surface area contributed by atoms with E-state index >= 15 is 0 Å². The molecule has 1 aliphatic carbocycles. The average Bonchev–Trinajstić information content (AvgIpc) is 3.56. The first kappa shape index (κ1) is 40.1. The summed E-state index contributed by atoms with van der Waals surface area (Å²) in [7, 11) is 0. The quantitative estimate of drug-likeness (QED) is 0.109. The van der Waals surface area contributed by atoms with E-state index in [0.29, 0.717) is 11.2 Å². The number of hydrogen-bond donors (Lipinski definition) is 1. The summed E-state index contributed by atoms with van der Waals surface area (Å²) < 4.78 is 0. The Hall–Kier alpha value is -2.72. The summed E-state index contributed by atoms with van der Waals surface area (Å²) in [6.45, 7) is 25.5. The van der Waals surface area contributed by atoms with Crippen LogP contribution in [0, 0.1) is 40.6 Å². The van der Waals surface area contributed by atoms with Gasteiger partial charge in [0.15, 0.2) is 5.78 Å². The SMILES string of the molecule is CC(C)C(C)(C(=O)/C=C(\O)C(C)(C(C)C)C(C)C)C(C)C.CC1(C)c2c(-c3ccc4ccccc4n3)[c-]ccc2C2Sc3ccccc3C21.[Ir]. The first-order chi connectivity index (χ1) is 23.0. The zero-order valence-electron chi connectivity index (χ0n) is 32.0. The van der Waals surface area contributed by atoms with E-state index in [1.165, 1.54) is 38.6 Å². The number of aliphatic hydroxyl groups is 1. The van der Waals surface area contributed by atoms with Gasteiger partial charge < -0.3 is 5.11 Å². The van der Waals surface area contributed by atoms with Gasteiger partial charge in [0.2, 0.25) is 0 Å². The van der Waals surface area contributed by atoms with E-state index in [1.54, 1.807) is 0 Å². The molecule has 4 aromatic rings. The van der Waals surface area contributed by atoms with Crippen LogP contribution in [-0.4, -0.2) is 15.9 Å². The molecule has 50 heavy (non-hydrogen) atoms. The second kappa shape index (κ2) is 15.1. The number of rotatable bonds is 8. The van der Waals surface area contributed by atoms with Gasteiger partial charge in [0.05, 0.1) is 5.52 Å². The smallest absolute Gasteiger partial charge is 0.165 e. The zero-order valence-corrected chi connectivity index (χ0v) is 35.2. The maximum absolute atomic E-state index is 12.8. The fourth-order valence-electron chi connectivity index (χ4n) is 8.16. The van der Waals surface area contributed by atoms with Crippen LogP contribution >= 0.6 is 11.8 Å². The predicted octanol–water partition coefficient (Wildman–Crippen LogP) is 12.6. The minimum atomic E-state index is -0.442. The minimum Gasteiger partial charge on any atom is -0.512 e. The number of nitrogens with zero attached hydrogens (tertiary/aromatic N) is 1. The Morgan fingerprint density at radius 2 is 1.40 bits per heavy atom. The van der Waals surface area contributed by atoms with E-state index in [0.717, 1.165) is 11.2 Å². The van der Waals surface area contributed by atoms with Crippen molar-refractivity contribution in [2.24, 2.45) is 34.5 Å². The maximum atomic E-state index is 12.8. The van der Waals surface area contributed by atoms with Crippen molar-refractivity contribution in [3.8, 4) is 11.3 Å². The molecular weight excluding hydrogens is 811 g/mol. The standard InChI is InChI=1S/C26H20NS.C19H36O2.Ir/c1-26(2)23-17(21-15-14-16-8-3-5-12-20(16)27-21)10-7-11-19(23)25-24(26)18-9-4-6-13-22(18)28-25;1-12(2)18(9,13(3)4)16(20)11-17(21)19(10,14(5)6)15(7)8;/h3-9,11-15,24-25H,1-2H3;11-15,20H,1-10H3;/q-1;;/b;16-11-;. The topological polar surface area (TPSA) is 50.2 Å². The van der Waals surface area contributed by atoms with Crippen LogP contribution in [0.3, 0.4) is 0 Å². The van der Waals surface area contributed by atoms with Gasteiger partial charge in [-0.1, -0.05) is 132 Å². The fourth-order valence-corrected chi connectivity index (χ4v) is 9.87. The molecule has 0 fully saturated rings. The number of thioether (sulfide) groups is 1. The van der Waals surface area contributed by atoms with Crippen LogP contribution in [0.15, 0.2) is 89.5 Å². The molecule has 3 nitrogen and oxygen atoms in total. The van der Waals surface area contributed by atoms with Crippen LogP contribution in [0.25, 0.3) is 22.2 Å². The summed E-state index contributed by atoms with van der Waals surface area (Å²) in [6.07, 6.45) is 1.50. The van der Waals surface area contributed by atoms with Gasteiger partial charge in [-0.2, -0.15) is 0 Å². The number of para-hydroxylation sites is 1. The van der Waals surface area contributed by atoms with E-state index < -0.39 is 5.41 Å². The Bertz CT molecular complexity index is 1850. The first-order valence-electron chi connectivity index (χ1n) is 18.1. The van der Waals surface area contributed by atoms with Crippen molar-refractivity contribution in [3.63, 3.8) is 0 Å². The summed E-state index contributed by atoms with van der Waals surface area (Å²) in [5.41, 5.74) is 6.85. The minimum absolute atomic E-state index is 0. The Kier molecular flexibility index (Phi) is 12.1. The van der Waals surface area contributed by atoms with Crippen molar-refractivity contribution >= 4 is 28.4 Å². The Labute approximate surface area is 319 Å². The number of aromatic nitrogens is 1. The largest absolute Gasteiger partial charge is 0.512 e. The summed E-state index contributed by atoms with van der Waals surface area (Å²) in [5.74, 6) is 1.77. The first-order valence-corrected chi connectivity index (χ1v) is 19.0. The third kappa shape index (κ3) is 6.80. The molecule has 6 rings (SSSR count). The Morgan fingerprint density at radius 1 is 0.820 bits per heavy atom. The number of allylic oxidation sites excluding steroid dienone is 2.